The standard InChI is InChI=1S/C18H32BNO4/c1-13-9-10-14(19-23-17(5,6)18(7,8)24-19)11-12-20(13)15(21)22-16(2,3)4/h11,13H,9-10,12H2,1-8H3. The predicted octanol–water partition coefficient (Wildman–Crippen LogP) is 3.96. The quantitative estimate of drug-likeness (QED) is 0.680. The normalized spacial score (nSPS) is 26.8. The fraction of sp³-hybridized carbons (Fsp3) is 0.833. The predicted molar refractivity (Wildman–Crippen MR) is 95.8 cm³/mol. The third-order valence-corrected chi connectivity index (χ3v) is 5.12. The number of rotatable bonds is 1. The molecule has 0 radical (unpaired) electrons. The smallest absolute Gasteiger partial charge is 0.444 e. The first-order valence-corrected chi connectivity index (χ1v) is 8.86. The van der Waals surface area contributed by atoms with E-state index in [4.69, 9.17) is 14.0 Å². The third kappa shape index (κ3) is 4.15. The molecule has 6 heteroatoms. The maximum absolute atomic E-state index is 12.4. The van der Waals surface area contributed by atoms with Gasteiger partial charge in [0.05, 0.1) is 11.2 Å². The van der Waals surface area contributed by atoms with Gasteiger partial charge in [0.25, 0.3) is 0 Å². The van der Waals surface area contributed by atoms with E-state index in [1.807, 2.05) is 20.8 Å². The minimum atomic E-state index is -0.485. The third-order valence-electron chi connectivity index (χ3n) is 5.12. The zero-order valence-electron chi connectivity index (χ0n) is 16.4. The van der Waals surface area contributed by atoms with Crippen LogP contribution >= 0.6 is 0 Å². The fourth-order valence-electron chi connectivity index (χ4n) is 2.81. The van der Waals surface area contributed by atoms with Crippen LogP contribution in [-0.4, -0.2) is 47.5 Å². The number of carbonyl (C=O) groups is 1. The van der Waals surface area contributed by atoms with Gasteiger partial charge in [-0.1, -0.05) is 6.08 Å². The van der Waals surface area contributed by atoms with E-state index in [0.717, 1.165) is 18.3 Å². The molecule has 0 N–H and O–H groups in total. The summed E-state index contributed by atoms with van der Waals surface area (Å²) in [5.74, 6) is 0. The van der Waals surface area contributed by atoms with Crippen molar-refractivity contribution in [3.05, 3.63) is 11.5 Å². The van der Waals surface area contributed by atoms with Crippen molar-refractivity contribution in [3.63, 3.8) is 0 Å². The van der Waals surface area contributed by atoms with Gasteiger partial charge in [0.1, 0.15) is 5.60 Å². The molecule has 1 fully saturated rings. The van der Waals surface area contributed by atoms with Crippen molar-refractivity contribution in [2.24, 2.45) is 0 Å². The first-order chi connectivity index (χ1) is 10.8. The van der Waals surface area contributed by atoms with Gasteiger partial charge in [-0.3, -0.25) is 0 Å². The lowest BCUT2D eigenvalue weighted by Gasteiger charge is -2.32. The summed E-state index contributed by atoms with van der Waals surface area (Å²) < 4.78 is 17.8. The molecule has 5 nitrogen and oxygen atoms in total. The van der Waals surface area contributed by atoms with Crippen LogP contribution in [0.1, 0.15) is 68.2 Å². The minimum absolute atomic E-state index is 0.121. The van der Waals surface area contributed by atoms with Gasteiger partial charge >= 0.3 is 13.2 Å². The van der Waals surface area contributed by atoms with E-state index in [2.05, 4.69) is 40.7 Å². The molecule has 136 valence electrons. The zero-order chi connectivity index (χ0) is 18.3. The Morgan fingerprint density at radius 1 is 1.25 bits per heavy atom. The number of ether oxygens (including phenoxy) is 1. The Morgan fingerprint density at radius 2 is 1.79 bits per heavy atom. The monoisotopic (exact) mass is 337 g/mol. The number of amides is 1. The molecular formula is C18H32BNO4. The highest BCUT2D eigenvalue weighted by atomic mass is 16.7. The maximum Gasteiger partial charge on any atom is 0.490 e. The van der Waals surface area contributed by atoms with Crippen molar-refractivity contribution in [2.75, 3.05) is 6.54 Å². The Bertz CT molecular complexity index is 506. The average Bonchev–Trinajstić information content (AvgIpc) is 2.53. The van der Waals surface area contributed by atoms with E-state index in [9.17, 15) is 4.79 Å². The highest BCUT2D eigenvalue weighted by molar-refractivity contribution is 6.54. The van der Waals surface area contributed by atoms with Gasteiger partial charge in [-0.05, 0) is 73.7 Å². The van der Waals surface area contributed by atoms with Crippen molar-refractivity contribution in [1.29, 1.82) is 0 Å². The second-order valence-corrected chi connectivity index (χ2v) is 8.89. The molecule has 2 aliphatic rings. The van der Waals surface area contributed by atoms with Gasteiger partial charge in [-0.2, -0.15) is 0 Å². The van der Waals surface area contributed by atoms with E-state index < -0.39 is 5.60 Å². The molecule has 1 amide bonds. The van der Waals surface area contributed by atoms with Crippen molar-refractivity contribution >= 4 is 13.2 Å². The van der Waals surface area contributed by atoms with Gasteiger partial charge in [0, 0.05) is 12.6 Å². The molecule has 0 aromatic rings. The number of hydrogen-bond acceptors (Lipinski definition) is 4. The summed E-state index contributed by atoms with van der Waals surface area (Å²) in [7, 11) is -0.333. The van der Waals surface area contributed by atoms with Gasteiger partial charge in [-0.25, -0.2) is 4.79 Å². The molecule has 1 unspecified atom stereocenters. The molecule has 2 aliphatic heterocycles. The van der Waals surface area contributed by atoms with Crippen LogP contribution in [0.4, 0.5) is 4.79 Å². The SMILES string of the molecule is CC1CCC(B2OC(C)(C)C(C)(C)O2)=CCN1C(=O)OC(C)(C)C. The Labute approximate surface area is 146 Å². The number of allylic oxidation sites excluding steroid dienone is 1. The van der Waals surface area contributed by atoms with Gasteiger partial charge in [-0.15, -0.1) is 0 Å². The Hall–Kier alpha value is -1.01. The summed E-state index contributed by atoms with van der Waals surface area (Å²) in [6.45, 7) is 16.5. The largest absolute Gasteiger partial charge is 0.490 e. The molecule has 0 aromatic carbocycles. The lowest BCUT2D eigenvalue weighted by atomic mass is 9.75. The lowest BCUT2D eigenvalue weighted by molar-refractivity contribution is 0.00578. The van der Waals surface area contributed by atoms with Crippen molar-refractivity contribution in [1.82, 2.24) is 4.90 Å². The van der Waals surface area contributed by atoms with Crippen molar-refractivity contribution in [3.8, 4) is 0 Å². The Kier molecular flexibility index (Phi) is 5.13. The number of nitrogens with zero attached hydrogens (tertiary/aromatic N) is 1. The van der Waals surface area contributed by atoms with Crippen LogP contribution in [0.25, 0.3) is 0 Å². The minimum Gasteiger partial charge on any atom is -0.444 e. The molecule has 24 heavy (non-hydrogen) atoms. The van der Waals surface area contributed by atoms with Crippen LogP contribution in [0.2, 0.25) is 0 Å². The first-order valence-electron chi connectivity index (χ1n) is 8.86. The highest BCUT2D eigenvalue weighted by Crippen LogP contribution is 2.39. The molecule has 0 aromatic heterocycles. The van der Waals surface area contributed by atoms with E-state index >= 15 is 0 Å². The zero-order valence-corrected chi connectivity index (χ0v) is 16.4. The van der Waals surface area contributed by atoms with E-state index in [1.165, 1.54) is 0 Å². The van der Waals surface area contributed by atoms with Crippen LogP contribution in [0.3, 0.4) is 0 Å². The van der Waals surface area contributed by atoms with Crippen LogP contribution < -0.4 is 0 Å². The Morgan fingerprint density at radius 3 is 2.29 bits per heavy atom. The summed E-state index contributed by atoms with van der Waals surface area (Å²) in [6, 6.07) is 0.121. The Balaban J connectivity index is 2.10. The van der Waals surface area contributed by atoms with E-state index in [-0.39, 0.29) is 30.5 Å². The molecular weight excluding hydrogens is 305 g/mol. The molecule has 0 aliphatic carbocycles. The highest BCUT2D eigenvalue weighted by Gasteiger charge is 2.52. The second-order valence-electron chi connectivity index (χ2n) is 8.89. The van der Waals surface area contributed by atoms with Gasteiger partial charge < -0.3 is 18.9 Å². The molecule has 1 saturated heterocycles. The summed E-state index contributed by atoms with van der Waals surface area (Å²) in [5.41, 5.74) is -0.0595. The molecule has 2 rings (SSSR count). The second kappa shape index (κ2) is 6.38. The maximum atomic E-state index is 12.4. The van der Waals surface area contributed by atoms with Crippen LogP contribution in [0.5, 0.6) is 0 Å². The summed E-state index contributed by atoms with van der Waals surface area (Å²) in [5, 5.41) is 0. The first kappa shape index (κ1) is 19.3. The summed E-state index contributed by atoms with van der Waals surface area (Å²) in [6.07, 6.45) is 3.53. The molecule has 2 heterocycles. The topological polar surface area (TPSA) is 48.0 Å². The van der Waals surface area contributed by atoms with E-state index in [0.29, 0.717) is 6.54 Å². The number of carbonyl (C=O) groups excluding carboxylic acids is 1. The van der Waals surface area contributed by atoms with Gasteiger partial charge in [0.15, 0.2) is 0 Å². The average molecular weight is 337 g/mol. The summed E-state index contributed by atoms with van der Waals surface area (Å²) in [4.78, 5) is 14.2. The lowest BCUT2D eigenvalue weighted by Crippen LogP contribution is -2.41. The summed E-state index contributed by atoms with van der Waals surface area (Å²) >= 11 is 0. The molecule has 0 spiro atoms. The van der Waals surface area contributed by atoms with Crippen LogP contribution in [-0.2, 0) is 14.0 Å². The molecule has 0 bridgehead atoms. The van der Waals surface area contributed by atoms with Crippen molar-refractivity contribution in [2.45, 2.75) is 91.1 Å². The van der Waals surface area contributed by atoms with Gasteiger partial charge in [0.2, 0.25) is 0 Å². The van der Waals surface area contributed by atoms with E-state index in [1.54, 1.807) is 4.90 Å². The van der Waals surface area contributed by atoms with Crippen LogP contribution in [0.15, 0.2) is 11.5 Å². The molecule has 0 saturated carbocycles. The van der Waals surface area contributed by atoms with Crippen molar-refractivity contribution < 1.29 is 18.8 Å². The fourth-order valence-corrected chi connectivity index (χ4v) is 2.81. The molecule has 1 atom stereocenters. The number of hydrogen-bond donors (Lipinski definition) is 0. The van der Waals surface area contributed by atoms with Crippen LogP contribution in [0, 0.1) is 0 Å².